The summed E-state index contributed by atoms with van der Waals surface area (Å²) >= 11 is 0. The fraction of sp³-hybridized carbons (Fsp3) is 0.333. The van der Waals surface area contributed by atoms with Gasteiger partial charge in [0.15, 0.2) is 0 Å². The number of benzene rings is 1. The maximum atomic E-state index is 13.3. The molecule has 3 N–H and O–H groups in total. The summed E-state index contributed by atoms with van der Waals surface area (Å²) in [4.78, 5) is 1.69. The summed E-state index contributed by atoms with van der Waals surface area (Å²) in [6.45, 7) is 0. The molecule has 0 saturated carbocycles. The van der Waals surface area contributed by atoms with Crippen molar-refractivity contribution in [1.82, 2.24) is 10.3 Å². The summed E-state index contributed by atoms with van der Waals surface area (Å²) < 4.78 is 25.9. The van der Waals surface area contributed by atoms with Crippen molar-refractivity contribution in [2.75, 3.05) is 14.1 Å². The van der Waals surface area contributed by atoms with E-state index in [4.69, 9.17) is 5.84 Å². The second-order valence-electron chi connectivity index (χ2n) is 3.20. The highest BCUT2D eigenvalue weighted by atomic mass is 19.1. The predicted octanol–water partition coefficient (Wildman–Crippen LogP) is 0.988. The first-order valence-electron chi connectivity index (χ1n) is 4.13. The monoisotopic (exact) mass is 201 g/mol. The van der Waals surface area contributed by atoms with Crippen molar-refractivity contribution in [2.24, 2.45) is 5.84 Å². The molecule has 0 heterocycles. The van der Waals surface area contributed by atoms with E-state index in [1.54, 1.807) is 19.0 Å². The van der Waals surface area contributed by atoms with Gasteiger partial charge in [0, 0.05) is 11.6 Å². The molecular formula is C9H13F2N3. The highest BCUT2D eigenvalue weighted by Crippen LogP contribution is 2.18. The first-order valence-corrected chi connectivity index (χ1v) is 4.13. The van der Waals surface area contributed by atoms with Crippen molar-refractivity contribution < 1.29 is 8.78 Å². The molecule has 0 bridgehead atoms. The van der Waals surface area contributed by atoms with Gasteiger partial charge in [-0.3, -0.25) is 10.7 Å². The lowest BCUT2D eigenvalue weighted by atomic mass is 10.1. The molecule has 0 amide bonds. The van der Waals surface area contributed by atoms with Gasteiger partial charge in [0.25, 0.3) is 0 Å². The van der Waals surface area contributed by atoms with Crippen LogP contribution in [-0.4, -0.2) is 19.0 Å². The van der Waals surface area contributed by atoms with Gasteiger partial charge >= 0.3 is 0 Å². The SMILES string of the molecule is CN(C)C(NN)c1ccc(F)cc1F. The van der Waals surface area contributed by atoms with Crippen molar-refractivity contribution in [3.63, 3.8) is 0 Å². The Morgan fingerprint density at radius 1 is 1.36 bits per heavy atom. The number of hydrazine groups is 1. The topological polar surface area (TPSA) is 41.3 Å². The summed E-state index contributed by atoms with van der Waals surface area (Å²) in [5, 5.41) is 0. The van der Waals surface area contributed by atoms with Gasteiger partial charge in [0.05, 0.1) is 0 Å². The van der Waals surface area contributed by atoms with Crippen LogP contribution < -0.4 is 11.3 Å². The zero-order chi connectivity index (χ0) is 10.7. The van der Waals surface area contributed by atoms with Crippen LogP contribution in [0.3, 0.4) is 0 Å². The standard InChI is InChI=1S/C9H13F2N3/c1-14(2)9(13-12)7-4-3-6(10)5-8(7)11/h3-5,9,13H,12H2,1-2H3. The molecule has 14 heavy (non-hydrogen) atoms. The number of hydrogen-bond acceptors (Lipinski definition) is 3. The minimum absolute atomic E-state index is 0.318. The van der Waals surface area contributed by atoms with Crippen LogP contribution in [0.4, 0.5) is 8.78 Å². The Labute approximate surface area is 81.5 Å². The van der Waals surface area contributed by atoms with Crippen molar-refractivity contribution in [3.8, 4) is 0 Å². The Morgan fingerprint density at radius 2 is 2.00 bits per heavy atom. The first kappa shape index (κ1) is 11.0. The molecule has 0 fully saturated rings. The average Bonchev–Trinajstić information content (AvgIpc) is 2.09. The van der Waals surface area contributed by atoms with Gasteiger partial charge in [0.2, 0.25) is 0 Å². The van der Waals surface area contributed by atoms with Gasteiger partial charge < -0.3 is 0 Å². The van der Waals surface area contributed by atoms with Gasteiger partial charge in [-0.15, -0.1) is 0 Å². The first-order chi connectivity index (χ1) is 6.56. The summed E-state index contributed by atoms with van der Waals surface area (Å²) in [5.74, 6) is 4.05. The molecule has 1 rings (SSSR count). The van der Waals surface area contributed by atoms with E-state index in [2.05, 4.69) is 5.43 Å². The summed E-state index contributed by atoms with van der Waals surface area (Å²) in [5.41, 5.74) is 2.76. The third-order valence-corrected chi connectivity index (χ3v) is 1.93. The van der Waals surface area contributed by atoms with Crippen LogP contribution in [0.2, 0.25) is 0 Å². The molecule has 0 aliphatic carbocycles. The number of rotatable bonds is 3. The van der Waals surface area contributed by atoms with E-state index < -0.39 is 17.8 Å². The highest BCUT2D eigenvalue weighted by Gasteiger charge is 2.16. The fourth-order valence-electron chi connectivity index (χ4n) is 1.24. The fourth-order valence-corrected chi connectivity index (χ4v) is 1.24. The minimum atomic E-state index is -0.610. The van der Waals surface area contributed by atoms with Gasteiger partial charge in [-0.25, -0.2) is 14.2 Å². The van der Waals surface area contributed by atoms with Crippen LogP contribution in [0, 0.1) is 11.6 Å². The van der Waals surface area contributed by atoms with E-state index in [0.717, 1.165) is 6.07 Å². The lowest BCUT2D eigenvalue weighted by molar-refractivity contribution is 0.246. The Morgan fingerprint density at radius 3 is 2.43 bits per heavy atom. The molecule has 1 unspecified atom stereocenters. The van der Waals surface area contributed by atoms with Crippen molar-refractivity contribution >= 4 is 0 Å². The molecule has 78 valence electrons. The van der Waals surface area contributed by atoms with Crippen molar-refractivity contribution in [1.29, 1.82) is 0 Å². The van der Waals surface area contributed by atoms with Crippen LogP contribution in [0.1, 0.15) is 11.7 Å². The quantitative estimate of drug-likeness (QED) is 0.435. The second-order valence-corrected chi connectivity index (χ2v) is 3.20. The summed E-state index contributed by atoms with van der Waals surface area (Å²) in [6, 6.07) is 3.41. The Kier molecular flexibility index (Phi) is 3.51. The number of hydrogen-bond donors (Lipinski definition) is 2. The molecule has 5 heteroatoms. The van der Waals surface area contributed by atoms with E-state index in [9.17, 15) is 8.78 Å². The maximum absolute atomic E-state index is 13.3. The van der Waals surface area contributed by atoms with Gasteiger partial charge in [-0.1, -0.05) is 6.07 Å². The molecule has 0 spiro atoms. The molecule has 1 aromatic rings. The zero-order valence-electron chi connectivity index (χ0n) is 8.09. The Bertz CT molecular complexity index is 315. The van der Waals surface area contributed by atoms with E-state index in [1.165, 1.54) is 12.1 Å². The van der Waals surface area contributed by atoms with Crippen LogP contribution in [0.5, 0.6) is 0 Å². The van der Waals surface area contributed by atoms with Gasteiger partial charge in [-0.05, 0) is 20.2 Å². The number of halogens is 2. The van der Waals surface area contributed by atoms with Crippen LogP contribution in [0.25, 0.3) is 0 Å². The predicted molar refractivity (Wildman–Crippen MR) is 50.1 cm³/mol. The van der Waals surface area contributed by atoms with E-state index in [-0.39, 0.29) is 0 Å². The molecule has 1 atom stereocenters. The lowest BCUT2D eigenvalue weighted by Crippen LogP contribution is -2.38. The number of nitrogens with zero attached hydrogens (tertiary/aromatic N) is 1. The van der Waals surface area contributed by atoms with Crippen LogP contribution in [0.15, 0.2) is 18.2 Å². The second kappa shape index (κ2) is 4.45. The molecule has 0 aliphatic rings. The molecular weight excluding hydrogens is 188 g/mol. The summed E-state index contributed by atoms with van der Waals surface area (Å²) in [7, 11) is 3.49. The van der Waals surface area contributed by atoms with Gasteiger partial charge in [-0.2, -0.15) is 0 Å². The van der Waals surface area contributed by atoms with Crippen molar-refractivity contribution in [2.45, 2.75) is 6.17 Å². The van der Waals surface area contributed by atoms with Crippen LogP contribution >= 0.6 is 0 Å². The third kappa shape index (κ3) is 2.25. The summed E-state index contributed by atoms with van der Waals surface area (Å²) in [6.07, 6.45) is -0.462. The van der Waals surface area contributed by atoms with Crippen LogP contribution in [-0.2, 0) is 0 Å². The molecule has 3 nitrogen and oxygen atoms in total. The Hall–Kier alpha value is -1.04. The molecule has 0 aliphatic heterocycles. The minimum Gasteiger partial charge on any atom is -0.289 e. The van der Waals surface area contributed by atoms with E-state index >= 15 is 0 Å². The molecule has 0 aromatic heterocycles. The van der Waals surface area contributed by atoms with Crippen molar-refractivity contribution in [3.05, 3.63) is 35.4 Å². The number of nitrogens with two attached hydrogens (primary N) is 1. The molecule has 1 aromatic carbocycles. The normalized spacial score (nSPS) is 13.3. The smallest absolute Gasteiger partial charge is 0.132 e. The largest absolute Gasteiger partial charge is 0.289 e. The van der Waals surface area contributed by atoms with E-state index in [1.807, 2.05) is 0 Å². The third-order valence-electron chi connectivity index (χ3n) is 1.93. The van der Waals surface area contributed by atoms with E-state index in [0.29, 0.717) is 5.56 Å². The maximum Gasteiger partial charge on any atom is 0.132 e. The highest BCUT2D eigenvalue weighted by molar-refractivity contribution is 5.21. The number of nitrogens with one attached hydrogen (secondary N) is 1. The molecule has 0 saturated heterocycles. The molecule has 0 radical (unpaired) electrons. The average molecular weight is 201 g/mol. The Balaban J connectivity index is 3.04. The lowest BCUT2D eigenvalue weighted by Gasteiger charge is -2.23. The van der Waals surface area contributed by atoms with Gasteiger partial charge in [0.1, 0.15) is 17.8 Å². The zero-order valence-corrected chi connectivity index (χ0v) is 8.09.